The quantitative estimate of drug-likeness (QED) is 0.375. The summed E-state index contributed by atoms with van der Waals surface area (Å²) >= 11 is 0. The van der Waals surface area contributed by atoms with Crippen LogP contribution in [0.3, 0.4) is 0 Å². The zero-order valence-corrected chi connectivity index (χ0v) is 16.6. The van der Waals surface area contributed by atoms with Gasteiger partial charge in [-0.25, -0.2) is 0 Å². The fourth-order valence-corrected chi connectivity index (χ4v) is 3.29. The van der Waals surface area contributed by atoms with Gasteiger partial charge in [0.25, 0.3) is 17.5 Å². The molecular formula is C23H18N4O4. The van der Waals surface area contributed by atoms with E-state index in [0.717, 1.165) is 10.5 Å². The first-order chi connectivity index (χ1) is 14.9. The van der Waals surface area contributed by atoms with Gasteiger partial charge in [-0.3, -0.25) is 29.6 Å². The number of carbonyl (C=O) groups excluding carboxylic acids is 2. The molecule has 8 heteroatoms. The van der Waals surface area contributed by atoms with E-state index in [-0.39, 0.29) is 23.5 Å². The lowest BCUT2D eigenvalue weighted by Gasteiger charge is -2.14. The average Bonchev–Trinajstić information content (AvgIpc) is 3.00. The van der Waals surface area contributed by atoms with Crippen molar-refractivity contribution in [2.75, 3.05) is 5.32 Å². The van der Waals surface area contributed by atoms with Crippen LogP contribution in [0.4, 0.5) is 11.4 Å². The third-order valence-corrected chi connectivity index (χ3v) is 4.90. The highest BCUT2D eigenvalue weighted by molar-refractivity contribution is 6.36. The maximum Gasteiger partial charge on any atom is 0.278 e. The largest absolute Gasteiger partial charge is 0.350 e. The molecule has 0 unspecified atom stereocenters. The number of nitro benzene ring substituents is 1. The van der Waals surface area contributed by atoms with E-state index < -0.39 is 16.7 Å². The zero-order valence-electron chi connectivity index (χ0n) is 16.6. The summed E-state index contributed by atoms with van der Waals surface area (Å²) in [4.78, 5) is 42.2. The van der Waals surface area contributed by atoms with Gasteiger partial charge < -0.3 is 5.32 Å². The Morgan fingerprint density at radius 2 is 1.68 bits per heavy atom. The number of nitrogens with one attached hydrogen (secondary N) is 1. The molecule has 31 heavy (non-hydrogen) atoms. The van der Waals surface area contributed by atoms with Crippen LogP contribution in [0, 0.1) is 17.0 Å². The SMILES string of the molecule is Cc1ccc(NC2=C(c3ccc([N+](=O)[O-])cc3)C(=O)N(Cc3ccccn3)C2=O)cc1. The predicted molar refractivity (Wildman–Crippen MR) is 115 cm³/mol. The molecule has 2 heterocycles. The van der Waals surface area contributed by atoms with Crippen LogP contribution >= 0.6 is 0 Å². The number of benzene rings is 2. The van der Waals surface area contributed by atoms with E-state index in [1.54, 1.807) is 24.4 Å². The summed E-state index contributed by atoms with van der Waals surface area (Å²) in [5.41, 5.74) is 2.89. The number of imide groups is 1. The minimum absolute atomic E-state index is 0.0219. The summed E-state index contributed by atoms with van der Waals surface area (Å²) in [6.45, 7) is 1.97. The lowest BCUT2D eigenvalue weighted by molar-refractivity contribution is -0.384. The summed E-state index contributed by atoms with van der Waals surface area (Å²) in [6, 6.07) is 18.2. The standard InChI is InChI=1S/C23H18N4O4/c1-15-5-9-17(10-6-15)25-21-20(16-7-11-19(12-8-16)27(30)31)22(28)26(23(21)29)14-18-4-2-3-13-24-18/h2-13,25H,14H2,1H3. The highest BCUT2D eigenvalue weighted by Crippen LogP contribution is 2.32. The van der Waals surface area contributed by atoms with Gasteiger partial charge >= 0.3 is 0 Å². The molecule has 2 aromatic carbocycles. The minimum Gasteiger partial charge on any atom is -0.350 e. The number of carbonyl (C=O) groups is 2. The predicted octanol–water partition coefficient (Wildman–Crippen LogP) is 3.69. The number of non-ortho nitro benzene ring substituents is 1. The topological polar surface area (TPSA) is 105 Å². The zero-order chi connectivity index (χ0) is 22.0. The van der Waals surface area contributed by atoms with E-state index in [4.69, 9.17) is 0 Å². The number of anilines is 1. The Labute approximate surface area is 178 Å². The first-order valence-corrected chi connectivity index (χ1v) is 9.53. The van der Waals surface area contributed by atoms with E-state index in [1.165, 1.54) is 24.3 Å². The molecule has 0 fully saturated rings. The van der Waals surface area contributed by atoms with E-state index in [1.807, 2.05) is 31.2 Å². The molecule has 0 spiro atoms. The molecule has 3 aromatic rings. The number of rotatable bonds is 6. The molecule has 154 valence electrons. The molecule has 1 aliphatic rings. The summed E-state index contributed by atoms with van der Waals surface area (Å²) in [7, 11) is 0. The van der Waals surface area contributed by atoms with Crippen LogP contribution in [0.5, 0.6) is 0 Å². The van der Waals surface area contributed by atoms with Gasteiger partial charge in [-0.15, -0.1) is 0 Å². The Morgan fingerprint density at radius 1 is 0.968 bits per heavy atom. The van der Waals surface area contributed by atoms with Crippen LogP contribution in [0.1, 0.15) is 16.8 Å². The molecule has 8 nitrogen and oxygen atoms in total. The van der Waals surface area contributed by atoms with Crippen molar-refractivity contribution in [2.45, 2.75) is 13.5 Å². The number of nitrogens with zero attached hydrogens (tertiary/aromatic N) is 3. The third kappa shape index (κ3) is 4.04. The molecular weight excluding hydrogens is 396 g/mol. The molecule has 2 amide bonds. The van der Waals surface area contributed by atoms with Crippen molar-refractivity contribution in [1.82, 2.24) is 9.88 Å². The van der Waals surface area contributed by atoms with Gasteiger partial charge in [-0.2, -0.15) is 0 Å². The van der Waals surface area contributed by atoms with Crippen molar-refractivity contribution in [3.63, 3.8) is 0 Å². The number of amides is 2. The molecule has 0 bridgehead atoms. The Kier molecular flexibility index (Phi) is 5.28. The van der Waals surface area contributed by atoms with Crippen LogP contribution in [0.15, 0.2) is 78.6 Å². The lowest BCUT2D eigenvalue weighted by Crippen LogP contribution is -2.32. The first kappa shape index (κ1) is 20.0. The first-order valence-electron chi connectivity index (χ1n) is 9.53. The van der Waals surface area contributed by atoms with E-state index >= 15 is 0 Å². The van der Waals surface area contributed by atoms with Crippen molar-refractivity contribution in [3.8, 4) is 0 Å². The van der Waals surface area contributed by atoms with Crippen LogP contribution in [0.2, 0.25) is 0 Å². The van der Waals surface area contributed by atoms with Gasteiger partial charge in [0.05, 0.1) is 22.7 Å². The Bertz CT molecular complexity index is 1190. The second-order valence-corrected chi connectivity index (χ2v) is 7.06. The van der Waals surface area contributed by atoms with Gasteiger partial charge in [0.1, 0.15) is 5.70 Å². The maximum atomic E-state index is 13.2. The number of aromatic nitrogens is 1. The molecule has 0 saturated carbocycles. The maximum absolute atomic E-state index is 13.2. The van der Waals surface area contributed by atoms with Crippen LogP contribution in [-0.4, -0.2) is 26.6 Å². The second-order valence-electron chi connectivity index (χ2n) is 7.06. The highest BCUT2D eigenvalue weighted by atomic mass is 16.6. The molecule has 0 aliphatic carbocycles. The molecule has 1 N–H and O–H groups in total. The van der Waals surface area contributed by atoms with Crippen LogP contribution in [0.25, 0.3) is 5.57 Å². The number of nitro groups is 1. The van der Waals surface area contributed by atoms with Gasteiger partial charge in [-0.05, 0) is 48.9 Å². The Balaban J connectivity index is 1.74. The summed E-state index contributed by atoms with van der Waals surface area (Å²) in [5, 5.41) is 14.0. The number of aryl methyl sites for hydroxylation is 1. The van der Waals surface area contributed by atoms with E-state index in [2.05, 4.69) is 10.3 Å². The van der Waals surface area contributed by atoms with Crippen molar-refractivity contribution in [3.05, 3.63) is 106 Å². The van der Waals surface area contributed by atoms with Gasteiger partial charge in [0.15, 0.2) is 0 Å². The summed E-state index contributed by atoms with van der Waals surface area (Å²) < 4.78 is 0. The van der Waals surface area contributed by atoms with Gasteiger partial charge in [0, 0.05) is 24.0 Å². The van der Waals surface area contributed by atoms with Gasteiger partial charge in [0.2, 0.25) is 0 Å². The summed E-state index contributed by atoms with van der Waals surface area (Å²) in [6.07, 6.45) is 1.59. The summed E-state index contributed by atoms with van der Waals surface area (Å²) in [5.74, 6) is -0.969. The van der Waals surface area contributed by atoms with Crippen molar-refractivity contribution < 1.29 is 14.5 Å². The third-order valence-electron chi connectivity index (χ3n) is 4.90. The molecule has 0 radical (unpaired) electrons. The number of hydrogen-bond acceptors (Lipinski definition) is 6. The van der Waals surface area contributed by atoms with Crippen LogP contribution < -0.4 is 5.32 Å². The van der Waals surface area contributed by atoms with Gasteiger partial charge in [-0.1, -0.05) is 23.8 Å². The Hall–Kier alpha value is -4.33. The minimum atomic E-state index is -0.515. The fraction of sp³-hybridized carbons (Fsp3) is 0.0870. The molecule has 1 aromatic heterocycles. The highest BCUT2D eigenvalue weighted by Gasteiger charge is 2.39. The normalized spacial score (nSPS) is 13.6. The number of hydrogen-bond donors (Lipinski definition) is 1. The Morgan fingerprint density at radius 3 is 2.29 bits per heavy atom. The van der Waals surface area contributed by atoms with E-state index in [0.29, 0.717) is 16.9 Å². The fourth-order valence-electron chi connectivity index (χ4n) is 3.29. The molecule has 0 saturated heterocycles. The van der Waals surface area contributed by atoms with Crippen molar-refractivity contribution >= 4 is 28.8 Å². The lowest BCUT2D eigenvalue weighted by atomic mass is 10.0. The number of pyridine rings is 1. The van der Waals surface area contributed by atoms with Crippen LogP contribution in [-0.2, 0) is 16.1 Å². The van der Waals surface area contributed by atoms with Crippen molar-refractivity contribution in [1.29, 1.82) is 0 Å². The molecule has 0 atom stereocenters. The average molecular weight is 414 g/mol. The smallest absolute Gasteiger partial charge is 0.278 e. The second kappa shape index (κ2) is 8.19. The van der Waals surface area contributed by atoms with E-state index in [9.17, 15) is 19.7 Å². The molecule has 1 aliphatic heterocycles. The monoisotopic (exact) mass is 414 g/mol. The molecule has 4 rings (SSSR count). The van der Waals surface area contributed by atoms with Crippen molar-refractivity contribution in [2.24, 2.45) is 0 Å².